The molecule has 0 fully saturated rings. The van der Waals surface area contributed by atoms with Gasteiger partial charge in [-0.05, 0) is 42.2 Å². The Hall–Kier alpha value is -1.44. The zero-order chi connectivity index (χ0) is 23.3. The predicted octanol–water partition coefficient (Wildman–Crippen LogP) is 8.43. The molecule has 3 aromatic heterocycles. The van der Waals surface area contributed by atoms with Gasteiger partial charge >= 0.3 is 0 Å². The van der Waals surface area contributed by atoms with Crippen molar-refractivity contribution in [2.75, 3.05) is 0 Å². The molecule has 0 spiro atoms. The molecule has 0 amide bonds. The Kier molecular flexibility index (Phi) is 6.47. The van der Waals surface area contributed by atoms with Crippen LogP contribution in [0.1, 0.15) is 108 Å². The molecule has 0 aliphatic heterocycles. The highest BCUT2D eigenvalue weighted by Gasteiger charge is 2.29. The Balaban J connectivity index is 1.52. The smallest absolute Gasteiger partial charge is 0.155 e. The number of benzene rings is 1. The molecule has 0 aliphatic carbocycles. The quantitative estimate of drug-likeness (QED) is 0.263. The van der Waals surface area contributed by atoms with Gasteiger partial charge in [-0.3, -0.25) is 0 Å². The zero-order valence-electron chi connectivity index (χ0n) is 20.4. The Labute approximate surface area is 203 Å². The van der Waals surface area contributed by atoms with E-state index >= 15 is 0 Å². The third-order valence-corrected chi connectivity index (χ3v) is 9.90. The number of hydrogen-bond acceptors (Lipinski definition) is 7. The monoisotopic (exact) mass is 486 g/mol. The second kappa shape index (κ2) is 8.73. The van der Waals surface area contributed by atoms with Gasteiger partial charge in [-0.1, -0.05) is 90.2 Å². The van der Waals surface area contributed by atoms with E-state index in [4.69, 9.17) is 9.97 Å². The SMILES string of the molecule is CCC(C)c1ccc(C(C)CCC(C)(C)c2nc3sc(C(C)(C)C)nc3s2)c2nsnc12. The maximum Gasteiger partial charge on any atom is 0.155 e. The number of hydrogen-bond donors (Lipinski definition) is 0. The molecule has 3 heterocycles. The molecule has 0 saturated heterocycles. The van der Waals surface area contributed by atoms with Crippen molar-refractivity contribution in [3.8, 4) is 0 Å². The van der Waals surface area contributed by atoms with E-state index in [-0.39, 0.29) is 10.8 Å². The maximum absolute atomic E-state index is 5.01. The van der Waals surface area contributed by atoms with E-state index in [1.54, 1.807) is 22.7 Å². The predicted molar refractivity (Wildman–Crippen MR) is 141 cm³/mol. The standard InChI is InChI=1S/C25H34N4S3/c1-9-14(2)16-10-11-17(19-18(16)28-32-29-19)15(3)12-13-25(7,8)23-27-21-20(31-23)26-22(30-21)24(4,5)6/h10-11,14-15H,9,12-13H2,1-8H3. The largest absolute Gasteiger partial charge is 0.228 e. The van der Waals surface area contributed by atoms with Crippen molar-refractivity contribution in [1.29, 1.82) is 0 Å². The summed E-state index contributed by atoms with van der Waals surface area (Å²) in [6, 6.07) is 4.57. The molecule has 2 atom stereocenters. The molecule has 2 unspecified atom stereocenters. The highest BCUT2D eigenvalue weighted by molar-refractivity contribution is 7.26. The van der Waals surface area contributed by atoms with Gasteiger partial charge in [0.25, 0.3) is 0 Å². The molecule has 4 aromatic rings. The first-order valence-electron chi connectivity index (χ1n) is 11.5. The van der Waals surface area contributed by atoms with Crippen LogP contribution >= 0.6 is 34.4 Å². The fourth-order valence-electron chi connectivity index (χ4n) is 4.01. The average Bonchev–Trinajstić information content (AvgIpc) is 3.44. The van der Waals surface area contributed by atoms with Crippen molar-refractivity contribution in [3.63, 3.8) is 0 Å². The van der Waals surface area contributed by atoms with Crippen molar-refractivity contribution in [2.45, 2.75) is 97.3 Å². The number of rotatable bonds is 7. The van der Waals surface area contributed by atoms with Gasteiger partial charge in [0.15, 0.2) is 9.66 Å². The molecule has 32 heavy (non-hydrogen) atoms. The minimum absolute atomic E-state index is 0.0251. The van der Waals surface area contributed by atoms with Gasteiger partial charge in [0.2, 0.25) is 0 Å². The summed E-state index contributed by atoms with van der Waals surface area (Å²) in [5.74, 6) is 0.939. The molecule has 0 aliphatic rings. The molecular weight excluding hydrogens is 453 g/mol. The summed E-state index contributed by atoms with van der Waals surface area (Å²) in [6.45, 7) is 18.1. The molecule has 0 bridgehead atoms. The molecule has 1 aromatic carbocycles. The molecular formula is C25H34N4S3. The number of thiazole rings is 2. The van der Waals surface area contributed by atoms with E-state index in [2.05, 4.69) is 76.3 Å². The lowest BCUT2D eigenvalue weighted by atomic mass is 9.83. The van der Waals surface area contributed by atoms with Crippen LogP contribution in [0.15, 0.2) is 12.1 Å². The van der Waals surface area contributed by atoms with Gasteiger partial charge < -0.3 is 0 Å². The fraction of sp³-hybridized carbons (Fsp3) is 0.600. The number of aromatic nitrogens is 4. The molecule has 0 N–H and O–H groups in total. The summed E-state index contributed by atoms with van der Waals surface area (Å²) < 4.78 is 9.33. The Morgan fingerprint density at radius 1 is 0.812 bits per heavy atom. The van der Waals surface area contributed by atoms with E-state index in [1.165, 1.54) is 32.9 Å². The van der Waals surface area contributed by atoms with Crippen molar-refractivity contribution < 1.29 is 0 Å². The van der Waals surface area contributed by atoms with Crippen molar-refractivity contribution in [3.05, 3.63) is 33.3 Å². The van der Waals surface area contributed by atoms with Gasteiger partial charge in [-0.2, -0.15) is 8.75 Å². The van der Waals surface area contributed by atoms with E-state index in [0.29, 0.717) is 11.8 Å². The Morgan fingerprint density at radius 2 is 1.34 bits per heavy atom. The second-order valence-electron chi connectivity index (χ2n) is 10.7. The zero-order valence-corrected chi connectivity index (χ0v) is 22.9. The van der Waals surface area contributed by atoms with Gasteiger partial charge in [0, 0.05) is 10.8 Å². The van der Waals surface area contributed by atoms with Crippen LogP contribution < -0.4 is 0 Å². The lowest BCUT2D eigenvalue weighted by Crippen LogP contribution is -2.18. The molecule has 0 saturated carbocycles. The summed E-state index contributed by atoms with van der Waals surface area (Å²) >= 11 is 4.85. The number of nitrogens with zero attached hydrogens (tertiary/aromatic N) is 4. The first-order chi connectivity index (χ1) is 15.0. The van der Waals surface area contributed by atoms with Crippen LogP contribution in [0.25, 0.3) is 20.7 Å². The van der Waals surface area contributed by atoms with E-state index in [9.17, 15) is 0 Å². The van der Waals surface area contributed by atoms with Crippen LogP contribution in [0.2, 0.25) is 0 Å². The van der Waals surface area contributed by atoms with E-state index in [0.717, 1.165) is 40.0 Å². The van der Waals surface area contributed by atoms with E-state index < -0.39 is 0 Å². The van der Waals surface area contributed by atoms with Crippen LogP contribution in [-0.4, -0.2) is 18.7 Å². The molecule has 7 heteroatoms. The average molecular weight is 487 g/mol. The molecule has 4 rings (SSSR count). The van der Waals surface area contributed by atoms with Crippen molar-refractivity contribution >= 4 is 55.1 Å². The lowest BCUT2D eigenvalue weighted by molar-refractivity contribution is 0.439. The summed E-state index contributed by atoms with van der Waals surface area (Å²) in [7, 11) is 0. The summed E-state index contributed by atoms with van der Waals surface area (Å²) in [5, 5.41) is 2.37. The van der Waals surface area contributed by atoms with Gasteiger partial charge in [0.1, 0.15) is 21.0 Å². The number of fused-ring (bicyclic) bond motifs is 2. The fourth-order valence-corrected chi connectivity index (χ4v) is 6.83. The highest BCUT2D eigenvalue weighted by Crippen LogP contribution is 2.41. The minimum atomic E-state index is 0.0251. The minimum Gasteiger partial charge on any atom is -0.228 e. The molecule has 0 radical (unpaired) electrons. The molecule has 172 valence electrons. The van der Waals surface area contributed by atoms with E-state index in [1.807, 2.05) is 0 Å². The molecule has 4 nitrogen and oxygen atoms in total. The second-order valence-corrected chi connectivity index (χ2v) is 13.2. The van der Waals surface area contributed by atoms with Gasteiger partial charge in [0.05, 0.1) is 11.7 Å². The van der Waals surface area contributed by atoms with Crippen LogP contribution in [-0.2, 0) is 10.8 Å². The van der Waals surface area contributed by atoms with Crippen LogP contribution in [0, 0.1) is 0 Å². The topological polar surface area (TPSA) is 51.6 Å². The third kappa shape index (κ3) is 4.48. The Bertz CT molecular complexity index is 1190. The summed E-state index contributed by atoms with van der Waals surface area (Å²) in [6.07, 6.45) is 3.29. The first kappa shape index (κ1) is 23.7. The van der Waals surface area contributed by atoms with Crippen LogP contribution in [0.4, 0.5) is 0 Å². The maximum atomic E-state index is 5.01. The van der Waals surface area contributed by atoms with Gasteiger partial charge in [-0.25, -0.2) is 9.97 Å². The normalized spacial score (nSPS) is 15.0. The summed E-state index contributed by atoms with van der Waals surface area (Å²) in [5.41, 5.74) is 4.97. The van der Waals surface area contributed by atoms with Gasteiger partial charge in [-0.15, -0.1) is 0 Å². The van der Waals surface area contributed by atoms with Crippen molar-refractivity contribution in [2.24, 2.45) is 0 Å². The Morgan fingerprint density at radius 3 is 1.91 bits per heavy atom. The van der Waals surface area contributed by atoms with Crippen LogP contribution in [0.5, 0.6) is 0 Å². The van der Waals surface area contributed by atoms with Crippen molar-refractivity contribution in [1.82, 2.24) is 18.7 Å². The van der Waals surface area contributed by atoms with Crippen LogP contribution in [0.3, 0.4) is 0 Å². The lowest BCUT2D eigenvalue weighted by Gasteiger charge is -2.24. The summed E-state index contributed by atoms with van der Waals surface area (Å²) in [4.78, 5) is 12.1. The third-order valence-electron chi connectivity index (χ3n) is 6.55. The highest BCUT2D eigenvalue weighted by atomic mass is 32.1. The first-order valence-corrected chi connectivity index (χ1v) is 13.9.